The highest BCUT2D eigenvalue weighted by Crippen LogP contribution is 2.33. The van der Waals surface area contributed by atoms with Crippen molar-refractivity contribution in [1.29, 1.82) is 0 Å². The topological polar surface area (TPSA) is 344 Å². The quantitative estimate of drug-likeness (QED) is 0.0308. The lowest BCUT2D eigenvalue weighted by Crippen LogP contribution is -2.66. The van der Waals surface area contributed by atoms with E-state index < -0.39 is 130 Å². The third-order valence-corrected chi connectivity index (χ3v) is 15.8. The Kier molecular flexibility index (Phi) is 37.4. The first kappa shape index (κ1) is 69.6. The van der Waals surface area contributed by atoms with Gasteiger partial charge in [0.2, 0.25) is 5.91 Å². The summed E-state index contributed by atoms with van der Waals surface area (Å²) in [5, 5.41) is 129. The number of nitrogens with one attached hydrogen (secondary N) is 1. The van der Waals surface area contributed by atoms with E-state index in [1.54, 1.807) is 17.8 Å². The Hall–Kier alpha value is -1.65. The summed E-state index contributed by atoms with van der Waals surface area (Å²) in [5.41, 5.74) is 0. The van der Waals surface area contributed by atoms with Crippen LogP contribution in [0.4, 0.5) is 0 Å². The standard InChI is InChI=1S/C55H101NO20S/c1-2-3-4-5-6-7-8-10-13-16-19-22-25-28-38(60)37(56-42(61)29-26-23-20-17-14-11-9-12-15-18-21-24-27-31-77-32-30-43(62)63)36-71-53-49(69)46(66)51(40(34-58)73-53)76-55-50(70)47(67)52(41(35-59)74-55)75-54-48(68)45(65)44(64)39(33-57)72-54/h25,28,37-41,44-55,57-60,64-70H,2-24,26-27,29-36H2,1H3,(H,56,61)(H,62,63)/b28-25+/t37-,38+,39+,40+,41+,44-,45-,46+,47+,48+,49+,50+,51+,52-,53+,54+,55-/m0/s1. The van der Waals surface area contributed by atoms with E-state index in [2.05, 4.69) is 12.2 Å². The molecule has 0 spiro atoms. The van der Waals surface area contributed by atoms with Crippen LogP contribution in [0.5, 0.6) is 0 Å². The van der Waals surface area contributed by atoms with Crippen molar-refractivity contribution in [2.45, 2.75) is 285 Å². The number of aliphatic carboxylic acids is 1. The number of hydrogen-bond acceptors (Lipinski definition) is 20. The largest absolute Gasteiger partial charge is 0.481 e. The average Bonchev–Trinajstić information content (AvgIpc) is 3.43. The maximum absolute atomic E-state index is 13.3. The smallest absolute Gasteiger partial charge is 0.304 e. The van der Waals surface area contributed by atoms with Crippen molar-refractivity contribution >= 4 is 23.6 Å². The van der Waals surface area contributed by atoms with Crippen molar-refractivity contribution in [3.05, 3.63) is 12.2 Å². The van der Waals surface area contributed by atoms with Gasteiger partial charge in [0.15, 0.2) is 18.9 Å². The number of aliphatic hydroxyl groups is 11. The Morgan fingerprint density at radius 3 is 1.44 bits per heavy atom. The molecule has 17 atom stereocenters. The molecule has 3 fully saturated rings. The summed E-state index contributed by atoms with van der Waals surface area (Å²) in [7, 11) is 0. The lowest BCUT2D eigenvalue weighted by molar-refractivity contribution is -0.379. The van der Waals surface area contributed by atoms with Gasteiger partial charge in [0.05, 0.1) is 45.0 Å². The van der Waals surface area contributed by atoms with E-state index in [4.69, 9.17) is 33.5 Å². The van der Waals surface area contributed by atoms with Crippen molar-refractivity contribution in [3.63, 3.8) is 0 Å². The molecule has 3 rings (SSSR count). The number of carboxylic acids is 1. The summed E-state index contributed by atoms with van der Waals surface area (Å²) in [6.07, 6.45) is 5.34. The van der Waals surface area contributed by atoms with Gasteiger partial charge in [-0.1, -0.05) is 154 Å². The maximum atomic E-state index is 13.3. The second-order valence-electron chi connectivity index (χ2n) is 21.2. The van der Waals surface area contributed by atoms with E-state index >= 15 is 0 Å². The van der Waals surface area contributed by atoms with Crippen LogP contribution >= 0.6 is 11.8 Å². The SMILES string of the molecule is CCCCCCCCCCCCC/C=C/[C@@H](O)[C@H](CO[C@@H]1O[C@H](CO)[C@@H](O[C@@H]2O[C@H](CO)[C@H](O[C@H]3O[C@H](CO)[C@H](O)[C@H](O)[C@H]3O)[C@H](O)[C@H]2O)[C@H](O)[C@H]1O)NC(=O)CCCCCCCCCCCCCCCSCCC(=O)O. The molecule has 3 heterocycles. The third-order valence-electron chi connectivity index (χ3n) is 14.7. The minimum absolute atomic E-state index is 0.223. The van der Waals surface area contributed by atoms with E-state index in [0.29, 0.717) is 12.2 Å². The fraction of sp³-hybridized carbons (Fsp3) is 0.927. The summed E-state index contributed by atoms with van der Waals surface area (Å²) in [4.78, 5) is 23.9. The highest BCUT2D eigenvalue weighted by Gasteiger charge is 2.53. The van der Waals surface area contributed by atoms with Crippen LogP contribution in [0.2, 0.25) is 0 Å². The number of carbonyl (C=O) groups is 2. The molecule has 0 aromatic rings. The average molecular weight is 1130 g/mol. The second kappa shape index (κ2) is 41.4. The number of ether oxygens (including phenoxy) is 6. The molecule has 77 heavy (non-hydrogen) atoms. The normalized spacial score (nSPS) is 30.7. The molecule has 22 heteroatoms. The first-order valence-electron chi connectivity index (χ1n) is 29.1. The van der Waals surface area contributed by atoms with Gasteiger partial charge in [0.1, 0.15) is 73.2 Å². The molecule has 1 amide bonds. The molecule has 3 saturated heterocycles. The third kappa shape index (κ3) is 26.4. The van der Waals surface area contributed by atoms with Crippen LogP contribution < -0.4 is 5.32 Å². The Labute approximate surface area is 461 Å². The molecule has 3 aliphatic rings. The molecule has 0 aromatic heterocycles. The molecule has 0 bridgehead atoms. The maximum Gasteiger partial charge on any atom is 0.304 e. The van der Waals surface area contributed by atoms with Crippen LogP contribution in [-0.4, -0.2) is 215 Å². The van der Waals surface area contributed by atoms with Gasteiger partial charge in [-0.2, -0.15) is 11.8 Å². The Balaban J connectivity index is 1.49. The number of carboxylic acid groups (broad SMARTS) is 1. The first-order chi connectivity index (χ1) is 37.2. The Morgan fingerprint density at radius 2 is 0.948 bits per heavy atom. The number of rotatable bonds is 44. The molecular formula is C55H101NO20S. The second-order valence-corrected chi connectivity index (χ2v) is 22.4. The minimum atomic E-state index is -1.98. The number of thioether (sulfide) groups is 1. The van der Waals surface area contributed by atoms with Crippen LogP contribution in [0.3, 0.4) is 0 Å². The van der Waals surface area contributed by atoms with E-state index in [9.17, 15) is 65.8 Å². The molecule has 0 aliphatic carbocycles. The summed E-state index contributed by atoms with van der Waals surface area (Å²) >= 11 is 1.72. The highest BCUT2D eigenvalue weighted by atomic mass is 32.2. The lowest BCUT2D eigenvalue weighted by atomic mass is 9.96. The number of hydrogen-bond donors (Lipinski definition) is 13. The molecule has 21 nitrogen and oxygen atoms in total. The predicted octanol–water partition coefficient (Wildman–Crippen LogP) is 3.22. The van der Waals surface area contributed by atoms with Crippen LogP contribution in [0.25, 0.3) is 0 Å². The fourth-order valence-electron chi connectivity index (χ4n) is 9.88. The van der Waals surface area contributed by atoms with Gasteiger partial charge in [-0.25, -0.2) is 0 Å². The van der Waals surface area contributed by atoms with Gasteiger partial charge >= 0.3 is 5.97 Å². The molecule has 0 saturated carbocycles. The molecule has 452 valence electrons. The van der Waals surface area contributed by atoms with E-state index in [0.717, 1.165) is 63.5 Å². The van der Waals surface area contributed by atoms with E-state index in [1.165, 1.54) is 96.3 Å². The summed E-state index contributed by atoms with van der Waals surface area (Å²) in [5.74, 6) is 0.673. The number of amides is 1. The van der Waals surface area contributed by atoms with E-state index in [-0.39, 0.29) is 25.4 Å². The molecule has 13 N–H and O–H groups in total. The zero-order chi connectivity index (χ0) is 56.4. The molecule has 0 aromatic carbocycles. The Bertz CT molecular complexity index is 1540. The molecule has 0 radical (unpaired) electrons. The van der Waals surface area contributed by atoms with Gasteiger partial charge in [0, 0.05) is 12.2 Å². The molecular weight excluding hydrogens is 1030 g/mol. The monoisotopic (exact) mass is 1130 g/mol. The van der Waals surface area contributed by atoms with Crippen molar-refractivity contribution < 1.29 is 99.3 Å². The molecule has 0 unspecified atom stereocenters. The number of aliphatic hydroxyl groups excluding tert-OH is 11. The fourth-order valence-corrected chi connectivity index (χ4v) is 10.8. The summed E-state index contributed by atoms with van der Waals surface area (Å²) in [6.45, 7) is -0.584. The zero-order valence-corrected chi connectivity index (χ0v) is 46.7. The van der Waals surface area contributed by atoms with Crippen molar-refractivity contribution in [2.75, 3.05) is 37.9 Å². The summed E-state index contributed by atoms with van der Waals surface area (Å²) < 4.78 is 34.2. The lowest BCUT2D eigenvalue weighted by Gasteiger charge is -2.48. The minimum Gasteiger partial charge on any atom is -0.481 e. The molecule has 3 aliphatic heterocycles. The predicted molar refractivity (Wildman–Crippen MR) is 287 cm³/mol. The van der Waals surface area contributed by atoms with Gasteiger partial charge in [-0.15, -0.1) is 0 Å². The number of unbranched alkanes of at least 4 members (excludes halogenated alkanes) is 23. The van der Waals surface area contributed by atoms with Crippen molar-refractivity contribution in [2.24, 2.45) is 0 Å². The van der Waals surface area contributed by atoms with Crippen molar-refractivity contribution in [1.82, 2.24) is 5.32 Å². The van der Waals surface area contributed by atoms with Crippen LogP contribution in [-0.2, 0) is 38.0 Å². The Morgan fingerprint density at radius 1 is 0.519 bits per heavy atom. The van der Waals surface area contributed by atoms with Gasteiger partial charge in [0.25, 0.3) is 0 Å². The van der Waals surface area contributed by atoms with Crippen LogP contribution in [0.1, 0.15) is 180 Å². The van der Waals surface area contributed by atoms with Crippen molar-refractivity contribution in [3.8, 4) is 0 Å². The van der Waals surface area contributed by atoms with Gasteiger partial charge in [-0.05, 0) is 31.4 Å². The highest BCUT2D eigenvalue weighted by molar-refractivity contribution is 7.99. The van der Waals surface area contributed by atoms with Gasteiger partial charge < -0.3 is 95.0 Å². The zero-order valence-electron chi connectivity index (χ0n) is 45.8. The summed E-state index contributed by atoms with van der Waals surface area (Å²) in [6, 6.07) is -0.985. The number of allylic oxidation sites excluding steroid dienone is 1. The van der Waals surface area contributed by atoms with Crippen LogP contribution in [0, 0.1) is 0 Å². The first-order valence-corrected chi connectivity index (χ1v) is 30.3. The van der Waals surface area contributed by atoms with E-state index in [1.807, 2.05) is 6.08 Å². The van der Waals surface area contributed by atoms with Gasteiger partial charge in [-0.3, -0.25) is 9.59 Å². The number of carbonyl (C=O) groups excluding carboxylic acids is 1. The van der Waals surface area contributed by atoms with Crippen LogP contribution in [0.15, 0.2) is 12.2 Å².